The summed E-state index contributed by atoms with van der Waals surface area (Å²) in [4.78, 5) is 0.226. The topological polar surface area (TPSA) is 46.2 Å². The molecule has 0 amide bonds. The number of halogens is 2. The van der Waals surface area contributed by atoms with Gasteiger partial charge < -0.3 is 0 Å². The third-order valence-corrected chi connectivity index (χ3v) is 6.69. The maximum atomic E-state index is 12.5. The first kappa shape index (κ1) is 16.3. The Kier molecular flexibility index (Phi) is 5.16. The van der Waals surface area contributed by atoms with Crippen molar-refractivity contribution < 1.29 is 8.42 Å². The predicted molar refractivity (Wildman–Crippen MR) is 85.9 cm³/mol. The van der Waals surface area contributed by atoms with Gasteiger partial charge in [0.2, 0.25) is 10.0 Å². The molecule has 0 heterocycles. The Morgan fingerprint density at radius 2 is 2.25 bits per heavy atom. The third kappa shape index (κ3) is 3.75. The van der Waals surface area contributed by atoms with Gasteiger partial charge in [-0.2, -0.15) is 0 Å². The van der Waals surface area contributed by atoms with Crippen molar-refractivity contribution in [3.8, 4) is 0 Å². The molecule has 0 spiro atoms. The molecule has 1 aromatic rings. The molecule has 0 aliphatic heterocycles. The van der Waals surface area contributed by atoms with Crippen LogP contribution in [0.25, 0.3) is 0 Å². The molecule has 0 aromatic heterocycles. The zero-order valence-corrected chi connectivity index (χ0v) is 14.6. The molecule has 2 atom stereocenters. The Bertz CT molecular complexity index is 578. The summed E-state index contributed by atoms with van der Waals surface area (Å²) in [6.07, 6.45) is 3.93. The first-order chi connectivity index (χ1) is 9.37. The molecule has 1 saturated carbocycles. The average Bonchev–Trinajstić information content (AvgIpc) is 2.38. The lowest BCUT2D eigenvalue weighted by Gasteiger charge is -2.39. The van der Waals surface area contributed by atoms with Crippen LogP contribution < -0.4 is 4.72 Å². The van der Waals surface area contributed by atoms with Crippen LogP contribution >= 0.6 is 27.5 Å². The highest BCUT2D eigenvalue weighted by Gasteiger charge is 2.37. The first-order valence-electron chi connectivity index (χ1n) is 6.72. The summed E-state index contributed by atoms with van der Waals surface area (Å²) in [6.45, 7) is 2.17. The number of hydrogen-bond acceptors (Lipinski definition) is 2. The van der Waals surface area contributed by atoms with Gasteiger partial charge in [0, 0.05) is 15.9 Å². The van der Waals surface area contributed by atoms with Crippen molar-refractivity contribution in [2.24, 2.45) is 5.92 Å². The van der Waals surface area contributed by atoms with E-state index in [9.17, 15) is 8.42 Å². The molecule has 0 bridgehead atoms. The quantitative estimate of drug-likeness (QED) is 0.804. The summed E-state index contributed by atoms with van der Waals surface area (Å²) in [5.41, 5.74) is -0.390. The Hall–Kier alpha value is -0.100. The van der Waals surface area contributed by atoms with Gasteiger partial charge in [0.05, 0.1) is 4.90 Å². The second kappa shape index (κ2) is 6.34. The molecule has 6 heteroatoms. The predicted octanol–water partition coefficient (Wildman–Crippen LogP) is 3.96. The second-order valence-electron chi connectivity index (χ2n) is 5.68. The van der Waals surface area contributed by atoms with Gasteiger partial charge >= 0.3 is 0 Å². The zero-order chi connectivity index (χ0) is 14.8. The van der Waals surface area contributed by atoms with Crippen LogP contribution in [0, 0.1) is 5.92 Å². The van der Waals surface area contributed by atoms with E-state index < -0.39 is 15.6 Å². The minimum absolute atomic E-state index is 0.226. The van der Waals surface area contributed by atoms with Crippen molar-refractivity contribution in [3.63, 3.8) is 0 Å². The molecule has 3 nitrogen and oxygen atoms in total. The van der Waals surface area contributed by atoms with Crippen molar-refractivity contribution in [3.05, 3.63) is 29.3 Å². The molecule has 2 unspecified atom stereocenters. The fraction of sp³-hybridized carbons (Fsp3) is 0.571. The summed E-state index contributed by atoms with van der Waals surface area (Å²) in [7, 11) is -3.54. The minimum atomic E-state index is -3.54. The summed E-state index contributed by atoms with van der Waals surface area (Å²) in [6, 6.07) is 6.38. The van der Waals surface area contributed by atoms with E-state index in [-0.39, 0.29) is 4.90 Å². The summed E-state index contributed by atoms with van der Waals surface area (Å²) in [5.74, 6) is 0.531. The number of benzene rings is 1. The van der Waals surface area contributed by atoms with E-state index in [1.165, 1.54) is 6.07 Å². The van der Waals surface area contributed by atoms with Crippen molar-refractivity contribution in [1.82, 2.24) is 4.72 Å². The van der Waals surface area contributed by atoms with Crippen molar-refractivity contribution >= 4 is 37.6 Å². The van der Waals surface area contributed by atoms with Gasteiger partial charge in [0.1, 0.15) is 0 Å². The Morgan fingerprint density at radius 3 is 2.85 bits per heavy atom. The van der Waals surface area contributed by atoms with Gasteiger partial charge in [0.25, 0.3) is 0 Å². The highest BCUT2D eigenvalue weighted by molar-refractivity contribution is 9.09. The van der Waals surface area contributed by atoms with Gasteiger partial charge in [-0.25, -0.2) is 13.1 Å². The summed E-state index contributed by atoms with van der Waals surface area (Å²) in [5, 5.41) is 1.06. The van der Waals surface area contributed by atoms with Crippen LogP contribution in [0.1, 0.15) is 32.6 Å². The first-order valence-corrected chi connectivity index (χ1v) is 9.71. The molecule has 0 saturated heterocycles. The van der Waals surface area contributed by atoms with Crippen molar-refractivity contribution in [2.45, 2.75) is 43.0 Å². The standard InChI is InChI=1S/C14H19BrClNO2S/c1-11-4-3-7-14(9-11,10-15)17-20(18,19)13-6-2-5-12(16)8-13/h2,5-6,8,11,17H,3-4,7,9-10H2,1H3. The van der Waals surface area contributed by atoms with Gasteiger partial charge in [-0.3, -0.25) is 0 Å². The lowest BCUT2D eigenvalue weighted by Crippen LogP contribution is -2.52. The van der Waals surface area contributed by atoms with Crippen LogP contribution in [-0.4, -0.2) is 19.3 Å². The zero-order valence-electron chi connectivity index (χ0n) is 11.4. The van der Waals surface area contributed by atoms with Gasteiger partial charge in [0.15, 0.2) is 0 Å². The van der Waals surface area contributed by atoms with Crippen LogP contribution in [0.5, 0.6) is 0 Å². The lowest BCUT2D eigenvalue weighted by molar-refractivity contribution is 0.241. The van der Waals surface area contributed by atoms with E-state index in [1.54, 1.807) is 18.2 Å². The van der Waals surface area contributed by atoms with Crippen LogP contribution in [-0.2, 0) is 10.0 Å². The largest absolute Gasteiger partial charge is 0.241 e. The highest BCUT2D eigenvalue weighted by atomic mass is 79.9. The van der Waals surface area contributed by atoms with E-state index in [1.807, 2.05) is 0 Å². The summed E-state index contributed by atoms with van der Waals surface area (Å²) >= 11 is 9.37. The molecule has 1 aliphatic rings. The number of alkyl halides is 1. The molecular weight excluding hydrogens is 362 g/mol. The van der Waals surface area contributed by atoms with Crippen LogP contribution in [0.2, 0.25) is 5.02 Å². The fourth-order valence-corrected chi connectivity index (χ4v) is 5.45. The van der Waals surface area contributed by atoms with E-state index in [4.69, 9.17) is 11.6 Å². The van der Waals surface area contributed by atoms with E-state index in [2.05, 4.69) is 27.6 Å². The van der Waals surface area contributed by atoms with Crippen LogP contribution in [0.4, 0.5) is 0 Å². The molecule has 112 valence electrons. The molecule has 2 rings (SSSR count). The molecule has 1 aromatic carbocycles. The molecule has 0 radical (unpaired) electrons. The fourth-order valence-electron chi connectivity index (χ4n) is 2.88. The molecule has 1 fully saturated rings. The van der Waals surface area contributed by atoms with Gasteiger partial charge in [-0.1, -0.05) is 53.4 Å². The number of sulfonamides is 1. The molecule has 1 aliphatic carbocycles. The van der Waals surface area contributed by atoms with E-state index >= 15 is 0 Å². The van der Waals surface area contributed by atoms with Gasteiger partial charge in [-0.05, 0) is 37.0 Å². The molecule has 1 N–H and O–H groups in total. The van der Waals surface area contributed by atoms with E-state index in [0.717, 1.165) is 25.7 Å². The number of hydrogen-bond donors (Lipinski definition) is 1. The SMILES string of the molecule is CC1CCCC(CBr)(NS(=O)(=O)c2cccc(Cl)c2)C1. The normalized spacial score (nSPS) is 27.4. The van der Waals surface area contributed by atoms with Crippen LogP contribution in [0.15, 0.2) is 29.2 Å². The smallest absolute Gasteiger partial charge is 0.207 e. The Labute approximate surface area is 134 Å². The maximum Gasteiger partial charge on any atom is 0.241 e. The number of rotatable bonds is 4. The maximum absolute atomic E-state index is 12.5. The van der Waals surface area contributed by atoms with Gasteiger partial charge in [-0.15, -0.1) is 0 Å². The van der Waals surface area contributed by atoms with Crippen molar-refractivity contribution in [1.29, 1.82) is 0 Å². The molecule has 20 heavy (non-hydrogen) atoms. The van der Waals surface area contributed by atoms with E-state index in [0.29, 0.717) is 16.3 Å². The third-order valence-electron chi connectivity index (χ3n) is 3.80. The highest BCUT2D eigenvalue weighted by Crippen LogP contribution is 2.35. The lowest BCUT2D eigenvalue weighted by atomic mass is 9.78. The van der Waals surface area contributed by atoms with Crippen LogP contribution in [0.3, 0.4) is 0 Å². The number of nitrogens with one attached hydrogen (secondary N) is 1. The average molecular weight is 381 g/mol. The second-order valence-corrected chi connectivity index (χ2v) is 8.36. The Balaban J connectivity index is 2.26. The minimum Gasteiger partial charge on any atom is -0.207 e. The monoisotopic (exact) mass is 379 g/mol. The summed E-state index contributed by atoms with van der Waals surface area (Å²) < 4.78 is 28.0. The van der Waals surface area contributed by atoms with Crippen molar-refractivity contribution in [2.75, 3.05) is 5.33 Å². The molecular formula is C14H19BrClNO2S. The Morgan fingerprint density at radius 1 is 1.50 bits per heavy atom.